The molecule has 17 heavy (non-hydrogen) atoms. The Bertz CT molecular complexity index is 279. The molecule has 5 nitrogen and oxygen atoms in total. The Balaban J connectivity index is 1.88. The van der Waals surface area contributed by atoms with E-state index in [1.54, 1.807) is 0 Å². The van der Waals surface area contributed by atoms with Crippen LogP contribution in [-0.4, -0.2) is 51.9 Å². The molecule has 1 saturated heterocycles. The molecule has 1 aliphatic heterocycles. The van der Waals surface area contributed by atoms with E-state index in [2.05, 4.69) is 0 Å². The molecule has 5 heteroatoms. The summed E-state index contributed by atoms with van der Waals surface area (Å²) in [6.07, 6.45) is 3.92. The quantitative estimate of drug-likeness (QED) is 0.615. The van der Waals surface area contributed by atoms with Crippen LogP contribution in [0.1, 0.15) is 38.5 Å². The molecule has 98 valence electrons. The maximum atomic E-state index is 12.0. The molecule has 2 atom stereocenters. The molecule has 1 heterocycles. The van der Waals surface area contributed by atoms with Gasteiger partial charge in [0, 0.05) is 25.0 Å². The second-order valence-corrected chi connectivity index (χ2v) is 5.53. The average Bonchev–Trinajstić information content (AvgIpc) is 2.60. The number of likely N-dealkylation sites (tertiary alicyclic amines) is 1. The van der Waals surface area contributed by atoms with Crippen LogP contribution in [0.15, 0.2) is 0 Å². The molecule has 0 aromatic rings. The number of hydrogen-bond acceptors (Lipinski definition) is 4. The third-order valence-electron chi connectivity index (χ3n) is 3.96. The fourth-order valence-corrected chi connectivity index (χ4v) is 2.82. The van der Waals surface area contributed by atoms with Crippen LogP contribution < -0.4 is 5.73 Å². The Morgan fingerprint density at radius 2 is 1.71 bits per heavy atom. The highest BCUT2D eigenvalue weighted by Gasteiger charge is 2.36. The summed E-state index contributed by atoms with van der Waals surface area (Å²) in [6, 6.07) is 0. The summed E-state index contributed by atoms with van der Waals surface area (Å²) < 4.78 is 0. The van der Waals surface area contributed by atoms with Crippen LogP contribution in [0.2, 0.25) is 0 Å². The van der Waals surface area contributed by atoms with E-state index in [-0.39, 0.29) is 24.5 Å². The predicted molar refractivity (Wildman–Crippen MR) is 63.2 cm³/mol. The minimum atomic E-state index is -0.806. The standard InChI is InChI=1S/C12H22N2O3/c13-12(4-2-1-3-5-12)6-11(17)14-7-9(15)10(16)8-14/h9-10,15-16H,1-8,13H2/t9-,10+. The van der Waals surface area contributed by atoms with E-state index < -0.39 is 12.2 Å². The van der Waals surface area contributed by atoms with E-state index in [1.807, 2.05) is 0 Å². The number of aliphatic hydroxyl groups is 2. The molecule has 0 radical (unpaired) electrons. The Kier molecular flexibility index (Phi) is 3.70. The lowest BCUT2D eigenvalue weighted by Gasteiger charge is -2.34. The van der Waals surface area contributed by atoms with Crippen LogP contribution in [0.25, 0.3) is 0 Å². The molecule has 0 aromatic carbocycles. The van der Waals surface area contributed by atoms with Crippen molar-refractivity contribution in [3.63, 3.8) is 0 Å². The van der Waals surface area contributed by atoms with E-state index in [9.17, 15) is 15.0 Å². The number of nitrogens with zero attached hydrogens (tertiary/aromatic N) is 1. The Hall–Kier alpha value is -0.650. The SMILES string of the molecule is NC1(CC(=O)N2C[C@@H](O)[C@@H](O)C2)CCCCC1. The summed E-state index contributed by atoms with van der Waals surface area (Å²) in [5.41, 5.74) is 5.86. The number of carbonyl (C=O) groups excluding carboxylic acids is 1. The number of hydrogen-bond donors (Lipinski definition) is 3. The molecular formula is C12H22N2O3. The second kappa shape index (κ2) is 4.92. The van der Waals surface area contributed by atoms with Crippen LogP contribution in [0.4, 0.5) is 0 Å². The van der Waals surface area contributed by atoms with Crippen molar-refractivity contribution in [3.8, 4) is 0 Å². The molecule has 0 unspecified atom stereocenters. The summed E-state index contributed by atoms with van der Waals surface area (Å²) in [5, 5.41) is 18.8. The van der Waals surface area contributed by atoms with Gasteiger partial charge in [0.25, 0.3) is 0 Å². The van der Waals surface area contributed by atoms with Crippen LogP contribution in [0.3, 0.4) is 0 Å². The van der Waals surface area contributed by atoms with Crippen molar-refractivity contribution < 1.29 is 15.0 Å². The molecule has 2 rings (SSSR count). The van der Waals surface area contributed by atoms with Crippen molar-refractivity contribution in [2.45, 2.75) is 56.3 Å². The zero-order valence-corrected chi connectivity index (χ0v) is 10.1. The van der Waals surface area contributed by atoms with Crippen molar-refractivity contribution in [2.24, 2.45) is 5.73 Å². The van der Waals surface area contributed by atoms with Gasteiger partial charge in [0.05, 0.1) is 12.2 Å². The zero-order valence-electron chi connectivity index (χ0n) is 10.1. The van der Waals surface area contributed by atoms with E-state index in [1.165, 1.54) is 11.3 Å². The van der Waals surface area contributed by atoms with Crippen molar-refractivity contribution >= 4 is 5.91 Å². The van der Waals surface area contributed by atoms with Gasteiger partial charge in [-0.05, 0) is 12.8 Å². The van der Waals surface area contributed by atoms with Gasteiger partial charge in [-0.25, -0.2) is 0 Å². The lowest BCUT2D eigenvalue weighted by atomic mass is 9.80. The molecule has 1 saturated carbocycles. The normalized spacial score (nSPS) is 32.8. The minimum absolute atomic E-state index is 0.0370. The zero-order chi connectivity index (χ0) is 12.5. The minimum Gasteiger partial charge on any atom is -0.388 e. The predicted octanol–water partition coefficient (Wildman–Crippen LogP) is -0.398. The summed E-state index contributed by atoms with van der Waals surface area (Å²) in [7, 11) is 0. The van der Waals surface area contributed by atoms with E-state index in [0.29, 0.717) is 6.42 Å². The van der Waals surface area contributed by atoms with Gasteiger partial charge in [-0.1, -0.05) is 19.3 Å². The molecule has 1 amide bonds. The Labute approximate surface area is 102 Å². The van der Waals surface area contributed by atoms with Crippen LogP contribution in [0, 0.1) is 0 Å². The molecule has 2 aliphatic rings. The molecule has 0 aromatic heterocycles. The second-order valence-electron chi connectivity index (χ2n) is 5.53. The summed E-state index contributed by atoms with van der Waals surface area (Å²) in [4.78, 5) is 13.6. The lowest BCUT2D eigenvalue weighted by Crippen LogP contribution is -2.46. The third-order valence-corrected chi connectivity index (χ3v) is 3.96. The molecule has 2 fully saturated rings. The van der Waals surface area contributed by atoms with Gasteiger partial charge in [0.2, 0.25) is 5.91 Å². The fourth-order valence-electron chi connectivity index (χ4n) is 2.82. The van der Waals surface area contributed by atoms with Crippen molar-refractivity contribution in [2.75, 3.05) is 13.1 Å². The van der Waals surface area contributed by atoms with Gasteiger partial charge in [-0.3, -0.25) is 4.79 Å². The monoisotopic (exact) mass is 242 g/mol. The number of rotatable bonds is 2. The van der Waals surface area contributed by atoms with Gasteiger partial charge in [0.1, 0.15) is 0 Å². The number of aliphatic hydroxyl groups excluding tert-OH is 2. The molecule has 1 aliphatic carbocycles. The van der Waals surface area contributed by atoms with Gasteiger partial charge in [0.15, 0.2) is 0 Å². The first kappa shape index (κ1) is 12.8. The summed E-state index contributed by atoms with van der Waals surface area (Å²) in [6.45, 7) is 0.464. The maximum Gasteiger partial charge on any atom is 0.224 e. The number of carbonyl (C=O) groups is 1. The van der Waals surface area contributed by atoms with Gasteiger partial charge in [-0.15, -0.1) is 0 Å². The third kappa shape index (κ3) is 2.97. The Morgan fingerprint density at radius 1 is 1.18 bits per heavy atom. The molecule has 0 spiro atoms. The van der Waals surface area contributed by atoms with Crippen molar-refractivity contribution in [3.05, 3.63) is 0 Å². The van der Waals surface area contributed by atoms with Gasteiger partial charge in [-0.2, -0.15) is 0 Å². The highest BCUT2D eigenvalue weighted by molar-refractivity contribution is 5.78. The van der Waals surface area contributed by atoms with Crippen molar-refractivity contribution in [1.82, 2.24) is 4.90 Å². The first-order valence-electron chi connectivity index (χ1n) is 6.43. The van der Waals surface area contributed by atoms with Crippen LogP contribution >= 0.6 is 0 Å². The van der Waals surface area contributed by atoms with Gasteiger partial charge >= 0.3 is 0 Å². The van der Waals surface area contributed by atoms with E-state index >= 15 is 0 Å². The highest BCUT2D eigenvalue weighted by atomic mass is 16.3. The molecule has 0 bridgehead atoms. The number of nitrogens with two attached hydrogens (primary N) is 1. The largest absolute Gasteiger partial charge is 0.388 e. The first-order chi connectivity index (χ1) is 8.00. The van der Waals surface area contributed by atoms with E-state index in [0.717, 1.165) is 25.7 Å². The maximum absolute atomic E-state index is 12.0. The lowest BCUT2D eigenvalue weighted by molar-refractivity contribution is -0.132. The molecule has 4 N–H and O–H groups in total. The van der Waals surface area contributed by atoms with Crippen molar-refractivity contribution in [1.29, 1.82) is 0 Å². The highest BCUT2D eigenvalue weighted by Crippen LogP contribution is 2.29. The first-order valence-corrected chi connectivity index (χ1v) is 6.43. The van der Waals surface area contributed by atoms with Crippen LogP contribution in [0.5, 0.6) is 0 Å². The topological polar surface area (TPSA) is 86.8 Å². The summed E-state index contributed by atoms with van der Waals surface area (Å²) >= 11 is 0. The smallest absolute Gasteiger partial charge is 0.224 e. The summed E-state index contributed by atoms with van der Waals surface area (Å²) in [5.74, 6) is -0.0370. The van der Waals surface area contributed by atoms with Gasteiger partial charge < -0.3 is 20.8 Å². The molecular weight excluding hydrogens is 220 g/mol. The fraction of sp³-hybridized carbons (Fsp3) is 0.917. The van der Waals surface area contributed by atoms with Crippen LogP contribution in [-0.2, 0) is 4.79 Å². The average molecular weight is 242 g/mol. The number of β-amino-alcohol motifs (C(OH)–C–C–N with tert-alkyl or cyclic N) is 2. The van der Waals surface area contributed by atoms with E-state index in [4.69, 9.17) is 5.73 Å². The number of amides is 1. The Morgan fingerprint density at radius 3 is 2.24 bits per heavy atom.